The number of benzene rings is 1. The van der Waals surface area contributed by atoms with Gasteiger partial charge in [-0.3, -0.25) is 9.59 Å². The summed E-state index contributed by atoms with van der Waals surface area (Å²) in [6, 6.07) is 8.86. The number of rotatable bonds is 6. The highest BCUT2D eigenvalue weighted by Gasteiger charge is 2.08. The molecule has 0 aromatic heterocycles. The van der Waals surface area contributed by atoms with Crippen LogP contribution in [0.4, 0.5) is 0 Å². The van der Waals surface area contributed by atoms with Crippen molar-refractivity contribution >= 4 is 11.9 Å². The van der Waals surface area contributed by atoms with E-state index in [0.717, 1.165) is 5.56 Å². The van der Waals surface area contributed by atoms with Gasteiger partial charge >= 0.3 is 5.97 Å². The first-order valence-electron chi connectivity index (χ1n) is 5.82. The zero-order valence-electron chi connectivity index (χ0n) is 10.4. The molecule has 0 bridgehead atoms. The number of amides is 1. The normalized spacial score (nSPS) is 11.7. The largest absolute Gasteiger partial charge is 0.461 e. The summed E-state index contributed by atoms with van der Waals surface area (Å²) < 4.78 is 5.05. The molecular formula is C13H18N2O3. The van der Waals surface area contributed by atoms with E-state index in [1.165, 1.54) is 0 Å². The molecule has 0 saturated heterocycles. The SMILES string of the molecule is C[C@H](N)C(=O)NCCC(=O)OCc1ccccc1. The van der Waals surface area contributed by atoms with Gasteiger partial charge in [-0.05, 0) is 12.5 Å². The molecule has 18 heavy (non-hydrogen) atoms. The Morgan fingerprint density at radius 1 is 1.33 bits per heavy atom. The van der Waals surface area contributed by atoms with Crippen molar-refractivity contribution in [3.8, 4) is 0 Å². The molecule has 0 aliphatic carbocycles. The molecule has 0 radical (unpaired) electrons. The van der Waals surface area contributed by atoms with Gasteiger partial charge in [0.2, 0.25) is 5.91 Å². The minimum atomic E-state index is -0.565. The van der Waals surface area contributed by atoms with Crippen LogP contribution in [0, 0.1) is 0 Å². The predicted octanol–water partition coefficient (Wildman–Crippen LogP) is 0.583. The van der Waals surface area contributed by atoms with Gasteiger partial charge in [-0.1, -0.05) is 30.3 Å². The van der Waals surface area contributed by atoms with Crippen LogP contribution < -0.4 is 11.1 Å². The number of esters is 1. The van der Waals surface area contributed by atoms with Crippen LogP contribution in [-0.2, 0) is 20.9 Å². The van der Waals surface area contributed by atoms with Gasteiger partial charge in [0.25, 0.3) is 0 Å². The van der Waals surface area contributed by atoms with Crippen molar-refractivity contribution in [2.75, 3.05) is 6.54 Å². The molecule has 5 nitrogen and oxygen atoms in total. The van der Waals surface area contributed by atoms with Crippen LogP contribution in [-0.4, -0.2) is 24.5 Å². The van der Waals surface area contributed by atoms with Crippen LogP contribution in [0.5, 0.6) is 0 Å². The first kappa shape index (κ1) is 14.2. The highest BCUT2D eigenvalue weighted by molar-refractivity contribution is 5.81. The van der Waals surface area contributed by atoms with Crippen molar-refractivity contribution in [2.24, 2.45) is 5.73 Å². The maximum absolute atomic E-state index is 11.4. The zero-order chi connectivity index (χ0) is 13.4. The van der Waals surface area contributed by atoms with Gasteiger partial charge in [-0.25, -0.2) is 0 Å². The topological polar surface area (TPSA) is 81.4 Å². The monoisotopic (exact) mass is 250 g/mol. The van der Waals surface area contributed by atoms with Crippen molar-refractivity contribution in [1.82, 2.24) is 5.32 Å². The van der Waals surface area contributed by atoms with Crippen LogP contribution >= 0.6 is 0 Å². The molecule has 5 heteroatoms. The van der Waals surface area contributed by atoms with E-state index >= 15 is 0 Å². The third-order valence-corrected chi connectivity index (χ3v) is 2.28. The summed E-state index contributed by atoms with van der Waals surface area (Å²) in [7, 11) is 0. The van der Waals surface area contributed by atoms with Crippen LogP contribution in [0.15, 0.2) is 30.3 Å². The molecule has 0 heterocycles. The number of nitrogens with one attached hydrogen (secondary N) is 1. The lowest BCUT2D eigenvalue weighted by atomic mass is 10.2. The second kappa shape index (κ2) is 7.45. The Morgan fingerprint density at radius 2 is 2.00 bits per heavy atom. The molecule has 0 aliphatic rings. The van der Waals surface area contributed by atoms with Crippen molar-refractivity contribution in [3.63, 3.8) is 0 Å². The highest BCUT2D eigenvalue weighted by Crippen LogP contribution is 2.01. The van der Waals surface area contributed by atoms with E-state index in [1.807, 2.05) is 30.3 Å². The summed E-state index contributed by atoms with van der Waals surface area (Å²) in [5.74, 6) is -0.616. The molecule has 0 unspecified atom stereocenters. The van der Waals surface area contributed by atoms with E-state index in [4.69, 9.17) is 10.5 Å². The number of nitrogens with two attached hydrogens (primary N) is 1. The standard InChI is InChI=1S/C13H18N2O3/c1-10(14)13(17)15-8-7-12(16)18-9-11-5-3-2-4-6-11/h2-6,10H,7-9,14H2,1H3,(H,15,17)/t10-/m0/s1. The summed E-state index contributed by atoms with van der Waals surface area (Å²) in [5, 5.41) is 2.55. The van der Waals surface area contributed by atoms with E-state index in [-0.39, 0.29) is 31.4 Å². The number of ether oxygens (including phenoxy) is 1. The van der Waals surface area contributed by atoms with Crippen molar-refractivity contribution in [1.29, 1.82) is 0 Å². The molecule has 1 aromatic rings. The molecule has 0 aliphatic heterocycles. The third kappa shape index (κ3) is 5.45. The Balaban J connectivity index is 2.17. The molecule has 0 spiro atoms. The predicted molar refractivity (Wildman–Crippen MR) is 67.5 cm³/mol. The minimum absolute atomic E-state index is 0.144. The summed E-state index contributed by atoms with van der Waals surface area (Å²) in [6.45, 7) is 2.08. The van der Waals surface area contributed by atoms with Gasteiger partial charge in [0.05, 0.1) is 12.5 Å². The average molecular weight is 250 g/mol. The Hall–Kier alpha value is -1.88. The van der Waals surface area contributed by atoms with Gasteiger partial charge in [0.1, 0.15) is 6.61 Å². The molecule has 1 atom stereocenters. The fraction of sp³-hybridized carbons (Fsp3) is 0.385. The second-order valence-corrected chi connectivity index (χ2v) is 3.98. The number of hydrogen-bond acceptors (Lipinski definition) is 4. The van der Waals surface area contributed by atoms with E-state index in [9.17, 15) is 9.59 Å². The summed E-state index contributed by atoms with van der Waals surface area (Å²) >= 11 is 0. The second-order valence-electron chi connectivity index (χ2n) is 3.98. The van der Waals surface area contributed by atoms with Gasteiger partial charge < -0.3 is 15.8 Å². The average Bonchev–Trinajstić information content (AvgIpc) is 2.37. The molecule has 1 amide bonds. The highest BCUT2D eigenvalue weighted by atomic mass is 16.5. The lowest BCUT2D eigenvalue weighted by Gasteiger charge is -2.08. The third-order valence-electron chi connectivity index (χ3n) is 2.28. The number of carbonyl (C=O) groups is 2. The van der Waals surface area contributed by atoms with Gasteiger partial charge in [0.15, 0.2) is 0 Å². The van der Waals surface area contributed by atoms with Gasteiger partial charge in [-0.2, -0.15) is 0 Å². The van der Waals surface area contributed by atoms with Gasteiger partial charge in [0, 0.05) is 6.54 Å². The molecule has 0 fully saturated rings. The van der Waals surface area contributed by atoms with E-state index in [0.29, 0.717) is 0 Å². The first-order chi connectivity index (χ1) is 8.59. The smallest absolute Gasteiger partial charge is 0.307 e. The van der Waals surface area contributed by atoms with Crippen LogP contribution in [0.2, 0.25) is 0 Å². The lowest BCUT2D eigenvalue weighted by molar-refractivity contribution is -0.144. The Labute approximate surface area is 106 Å². The summed E-state index contributed by atoms with van der Waals surface area (Å²) in [6.07, 6.45) is 0.144. The summed E-state index contributed by atoms with van der Waals surface area (Å²) in [5.41, 5.74) is 6.29. The summed E-state index contributed by atoms with van der Waals surface area (Å²) in [4.78, 5) is 22.5. The lowest BCUT2D eigenvalue weighted by Crippen LogP contribution is -2.39. The molecule has 1 aromatic carbocycles. The Kier molecular flexibility index (Phi) is 5.87. The van der Waals surface area contributed by atoms with E-state index < -0.39 is 6.04 Å². The quantitative estimate of drug-likeness (QED) is 0.724. The fourth-order valence-electron chi connectivity index (χ4n) is 1.26. The number of hydrogen-bond donors (Lipinski definition) is 2. The molecule has 3 N–H and O–H groups in total. The van der Waals surface area contributed by atoms with Crippen molar-refractivity contribution in [3.05, 3.63) is 35.9 Å². The van der Waals surface area contributed by atoms with Crippen LogP contribution in [0.3, 0.4) is 0 Å². The zero-order valence-corrected chi connectivity index (χ0v) is 10.4. The first-order valence-corrected chi connectivity index (χ1v) is 5.82. The molecule has 0 saturated carbocycles. The number of carbonyl (C=O) groups excluding carboxylic acids is 2. The fourth-order valence-corrected chi connectivity index (χ4v) is 1.26. The minimum Gasteiger partial charge on any atom is -0.461 e. The Morgan fingerprint density at radius 3 is 2.61 bits per heavy atom. The van der Waals surface area contributed by atoms with Crippen molar-refractivity contribution < 1.29 is 14.3 Å². The van der Waals surface area contributed by atoms with Gasteiger partial charge in [-0.15, -0.1) is 0 Å². The molecule has 98 valence electrons. The maximum Gasteiger partial charge on any atom is 0.307 e. The van der Waals surface area contributed by atoms with E-state index in [1.54, 1.807) is 6.92 Å². The maximum atomic E-state index is 11.4. The van der Waals surface area contributed by atoms with Crippen LogP contribution in [0.25, 0.3) is 0 Å². The molecular weight excluding hydrogens is 232 g/mol. The Bertz CT molecular complexity index is 390. The van der Waals surface area contributed by atoms with E-state index in [2.05, 4.69) is 5.32 Å². The van der Waals surface area contributed by atoms with Crippen LogP contribution in [0.1, 0.15) is 18.9 Å². The van der Waals surface area contributed by atoms with Crippen molar-refractivity contribution in [2.45, 2.75) is 26.0 Å². The molecule has 1 rings (SSSR count).